The number of nitrogens with zero attached hydrogens (tertiary/aromatic N) is 2. The summed E-state index contributed by atoms with van der Waals surface area (Å²) in [6, 6.07) is 9.63. The first kappa shape index (κ1) is 23.4. The van der Waals surface area contributed by atoms with Gasteiger partial charge in [-0.1, -0.05) is 23.7 Å². The number of nitrogens with one attached hydrogen (secondary N) is 1. The number of carbonyl (C=O) groups excluding carboxylic acids is 1. The summed E-state index contributed by atoms with van der Waals surface area (Å²) in [7, 11) is -2.61. The molecule has 3 rings (SSSR count). The monoisotopic (exact) mass is 465 g/mol. The highest BCUT2D eigenvalue weighted by atomic mass is 35.5. The maximum Gasteiger partial charge on any atom is 0.245 e. The summed E-state index contributed by atoms with van der Waals surface area (Å²) in [5.41, 5.74) is 3.64. The van der Waals surface area contributed by atoms with Crippen molar-refractivity contribution in [1.82, 2.24) is 9.62 Å². The van der Waals surface area contributed by atoms with Crippen LogP contribution in [0.4, 0.5) is 5.69 Å². The molecule has 1 amide bonds. The lowest BCUT2D eigenvalue weighted by Crippen LogP contribution is -2.54. The number of carbonyl (C=O) groups is 1. The number of halogens is 1. The summed E-state index contributed by atoms with van der Waals surface area (Å²) in [4.78, 5) is 16.8. The minimum Gasteiger partial charge on any atom is -0.495 e. The molecule has 1 saturated heterocycles. The number of hydrogen-bond donors (Lipinski definition) is 1. The van der Waals surface area contributed by atoms with Crippen LogP contribution in [-0.4, -0.2) is 58.6 Å². The number of methoxy groups -OCH3 is 1. The van der Waals surface area contributed by atoms with E-state index in [4.69, 9.17) is 16.3 Å². The van der Waals surface area contributed by atoms with Gasteiger partial charge in [-0.3, -0.25) is 4.79 Å². The molecule has 31 heavy (non-hydrogen) atoms. The zero-order valence-corrected chi connectivity index (χ0v) is 19.8. The van der Waals surface area contributed by atoms with E-state index in [9.17, 15) is 13.2 Å². The Morgan fingerprint density at radius 3 is 2.45 bits per heavy atom. The van der Waals surface area contributed by atoms with Gasteiger partial charge in [0.25, 0.3) is 0 Å². The highest BCUT2D eigenvalue weighted by Crippen LogP contribution is 2.27. The number of amides is 1. The van der Waals surface area contributed by atoms with Crippen LogP contribution in [0.15, 0.2) is 41.3 Å². The van der Waals surface area contributed by atoms with Crippen molar-refractivity contribution in [3.63, 3.8) is 0 Å². The topological polar surface area (TPSA) is 78.9 Å². The van der Waals surface area contributed by atoms with E-state index in [1.165, 1.54) is 36.1 Å². The number of hydrogen-bond acceptors (Lipinski definition) is 5. The molecule has 1 heterocycles. The molecule has 1 N–H and O–H groups in total. The third-order valence-corrected chi connectivity index (χ3v) is 7.42. The second kappa shape index (κ2) is 9.46. The number of benzene rings is 2. The van der Waals surface area contributed by atoms with E-state index in [0.29, 0.717) is 26.2 Å². The fraction of sp³-hybridized carbons (Fsp3) is 0.409. The molecule has 0 radical (unpaired) electrons. The molecule has 168 valence electrons. The van der Waals surface area contributed by atoms with Crippen LogP contribution in [0.5, 0.6) is 5.75 Å². The van der Waals surface area contributed by atoms with Gasteiger partial charge in [0, 0.05) is 36.9 Å². The molecule has 9 heteroatoms. The average molecular weight is 466 g/mol. The summed E-state index contributed by atoms with van der Waals surface area (Å²) >= 11 is 5.96. The van der Waals surface area contributed by atoms with E-state index in [1.54, 1.807) is 17.9 Å². The molecule has 0 spiro atoms. The van der Waals surface area contributed by atoms with Crippen molar-refractivity contribution in [3.05, 3.63) is 52.5 Å². The summed E-state index contributed by atoms with van der Waals surface area (Å²) in [6.07, 6.45) is 0. The van der Waals surface area contributed by atoms with Crippen LogP contribution in [0.1, 0.15) is 18.1 Å². The predicted octanol–water partition coefficient (Wildman–Crippen LogP) is 2.98. The molecule has 1 fully saturated rings. The Hall–Kier alpha value is -2.29. The second-order valence-electron chi connectivity index (χ2n) is 7.67. The van der Waals surface area contributed by atoms with Gasteiger partial charge in [0.1, 0.15) is 10.6 Å². The zero-order valence-electron chi connectivity index (χ0n) is 18.2. The molecule has 0 saturated carbocycles. The zero-order chi connectivity index (χ0) is 22.8. The van der Waals surface area contributed by atoms with Crippen LogP contribution in [0.2, 0.25) is 5.02 Å². The van der Waals surface area contributed by atoms with Gasteiger partial charge < -0.3 is 14.5 Å². The average Bonchev–Trinajstić information content (AvgIpc) is 2.75. The minimum absolute atomic E-state index is 0.0955. The lowest BCUT2D eigenvalue weighted by atomic mass is 10.1. The van der Waals surface area contributed by atoms with Gasteiger partial charge >= 0.3 is 0 Å². The van der Waals surface area contributed by atoms with E-state index >= 15 is 0 Å². The summed E-state index contributed by atoms with van der Waals surface area (Å²) in [5.74, 6) is -0.0936. The number of piperazine rings is 1. The van der Waals surface area contributed by atoms with Crippen molar-refractivity contribution in [1.29, 1.82) is 0 Å². The first-order chi connectivity index (χ1) is 14.6. The van der Waals surface area contributed by atoms with Crippen molar-refractivity contribution in [2.24, 2.45) is 0 Å². The molecular formula is C22H28ClN3O4S. The smallest absolute Gasteiger partial charge is 0.245 e. The van der Waals surface area contributed by atoms with Crippen molar-refractivity contribution in [2.75, 3.05) is 38.2 Å². The van der Waals surface area contributed by atoms with Crippen molar-refractivity contribution < 1.29 is 17.9 Å². The highest BCUT2D eigenvalue weighted by Gasteiger charge is 2.30. The van der Waals surface area contributed by atoms with Gasteiger partial charge in [0.05, 0.1) is 13.2 Å². The Labute approximate surface area is 189 Å². The first-order valence-electron chi connectivity index (χ1n) is 10.1. The Balaban J connectivity index is 1.66. The van der Waals surface area contributed by atoms with Gasteiger partial charge in [0.2, 0.25) is 15.9 Å². The number of aryl methyl sites for hydroxylation is 1. The van der Waals surface area contributed by atoms with Gasteiger partial charge in [0.15, 0.2) is 0 Å². The Bertz CT molecular complexity index is 1070. The van der Waals surface area contributed by atoms with Crippen LogP contribution >= 0.6 is 11.6 Å². The third-order valence-electron chi connectivity index (χ3n) is 5.63. The molecular weight excluding hydrogens is 438 g/mol. The second-order valence-corrected chi connectivity index (χ2v) is 9.79. The summed E-state index contributed by atoms with van der Waals surface area (Å²) < 4.78 is 33.3. The van der Waals surface area contributed by atoms with E-state index in [2.05, 4.69) is 35.6 Å². The number of ether oxygens (including phenoxy) is 1. The lowest BCUT2D eigenvalue weighted by molar-refractivity contribution is -0.132. The SMILES string of the molecule is COc1ccc(Cl)cc1S(=O)(=O)N[C@H](C)C(=O)N1CCN(c2cccc(C)c2C)CC1. The van der Waals surface area contributed by atoms with E-state index in [0.717, 1.165) is 0 Å². The normalized spacial score (nSPS) is 15.6. The van der Waals surface area contributed by atoms with Gasteiger partial charge in [-0.2, -0.15) is 4.72 Å². The summed E-state index contributed by atoms with van der Waals surface area (Å²) in [5, 5.41) is 0.266. The standard InChI is InChI=1S/C22H28ClN3O4S/c1-15-6-5-7-19(16(15)2)25-10-12-26(13-11-25)22(27)17(3)24-31(28,29)21-14-18(23)8-9-20(21)30-4/h5-9,14,17,24H,10-13H2,1-4H3/t17-/m1/s1. The maximum atomic E-state index is 12.9. The molecule has 1 aliphatic rings. The molecule has 0 unspecified atom stereocenters. The van der Waals surface area contributed by atoms with Crippen LogP contribution in [0, 0.1) is 13.8 Å². The molecule has 1 atom stereocenters. The van der Waals surface area contributed by atoms with E-state index in [-0.39, 0.29) is 21.6 Å². The van der Waals surface area contributed by atoms with Crippen LogP contribution in [0.25, 0.3) is 0 Å². The van der Waals surface area contributed by atoms with E-state index in [1.807, 2.05) is 6.07 Å². The van der Waals surface area contributed by atoms with Gasteiger partial charge in [-0.25, -0.2) is 8.42 Å². The molecule has 7 nitrogen and oxygen atoms in total. The van der Waals surface area contributed by atoms with Crippen molar-refractivity contribution in [2.45, 2.75) is 31.7 Å². The van der Waals surface area contributed by atoms with E-state index < -0.39 is 16.1 Å². The number of rotatable bonds is 6. The predicted molar refractivity (Wildman–Crippen MR) is 122 cm³/mol. The van der Waals surface area contributed by atoms with Crippen molar-refractivity contribution in [3.8, 4) is 5.75 Å². The molecule has 1 aliphatic heterocycles. The molecule has 0 aromatic heterocycles. The quantitative estimate of drug-likeness (QED) is 0.709. The maximum absolute atomic E-state index is 12.9. The Kier molecular flexibility index (Phi) is 7.13. The first-order valence-corrected chi connectivity index (χ1v) is 12.0. The van der Waals surface area contributed by atoms with Gasteiger partial charge in [-0.05, 0) is 56.2 Å². The van der Waals surface area contributed by atoms with Crippen LogP contribution in [0.3, 0.4) is 0 Å². The Morgan fingerprint density at radius 2 is 1.81 bits per heavy atom. The van der Waals surface area contributed by atoms with Gasteiger partial charge in [-0.15, -0.1) is 0 Å². The lowest BCUT2D eigenvalue weighted by Gasteiger charge is -2.38. The fourth-order valence-corrected chi connectivity index (χ4v) is 5.36. The Morgan fingerprint density at radius 1 is 1.13 bits per heavy atom. The molecule has 2 aromatic carbocycles. The number of sulfonamides is 1. The molecule has 2 aromatic rings. The molecule has 0 aliphatic carbocycles. The molecule has 0 bridgehead atoms. The number of anilines is 1. The van der Waals surface area contributed by atoms with Crippen LogP contribution < -0.4 is 14.4 Å². The largest absolute Gasteiger partial charge is 0.495 e. The minimum atomic E-state index is -3.99. The highest BCUT2D eigenvalue weighted by molar-refractivity contribution is 7.89. The third kappa shape index (κ3) is 5.14. The van der Waals surface area contributed by atoms with Crippen molar-refractivity contribution >= 4 is 33.2 Å². The fourth-order valence-electron chi connectivity index (χ4n) is 3.73. The van der Waals surface area contributed by atoms with Crippen LogP contribution in [-0.2, 0) is 14.8 Å². The summed E-state index contributed by atoms with van der Waals surface area (Å²) in [6.45, 7) is 8.17.